The molecule has 1 heterocycles. The predicted molar refractivity (Wildman–Crippen MR) is 57.9 cm³/mol. The molecule has 0 bridgehead atoms. The standard InChI is InChI=1S/C12H15F2NO/c1-7-6-15-8(2)9-4-3-5-10(11(7)9)16-12(13)14/h3-5,7-8,12,15H,6H2,1-2H3. The Morgan fingerprint density at radius 1 is 1.38 bits per heavy atom. The molecule has 0 aliphatic carbocycles. The van der Waals surface area contributed by atoms with Crippen molar-refractivity contribution in [1.82, 2.24) is 5.32 Å². The van der Waals surface area contributed by atoms with Crippen molar-refractivity contribution in [2.75, 3.05) is 6.54 Å². The van der Waals surface area contributed by atoms with E-state index in [-0.39, 0.29) is 12.0 Å². The van der Waals surface area contributed by atoms with Gasteiger partial charge in [-0.1, -0.05) is 19.1 Å². The number of alkyl halides is 2. The Kier molecular flexibility index (Phi) is 3.10. The number of fused-ring (bicyclic) bond motifs is 1. The van der Waals surface area contributed by atoms with Crippen LogP contribution in [0.5, 0.6) is 5.75 Å². The van der Waals surface area contributed by atoms with Gasteiger partial charge in [-0.15, -0.1) is 0 Å². The quantitative estimate of drug-likeness (QED) is 0.838. The van der Waals surface area contributed by atoms with E-state index in [4.69, 9.17) is 0 Å². The monoisotopic (exact) mass is 227 g/mol. The van der Waals surface area contributed by atoms with Crippen LogP contribution in [0.3, 0.4) is 0 Å². The van der Waals surface area contributed by atoms with E-state index in [1.54, 1.807) is 12.1 Å². The van der Waals surface area contributed by atoms with Crippen LogP contribution in [-0.4, -0.2) is 13.2 Å². The lowest BCUT2D eigenvalue weighted by atomic mass is 9.87. The zero-order chi connectivity index (χ0) is 11.7. The zero-order valence-electron chi connectivity index (χ0n) is 9.34. The van der Waals surface area contributed by atoms with Crippen molar-refractivity contribution in [2.45, 2.75) is 32.4 Å². The molecule has 1 aliphatic rings. The SMILES string of the molecule is CC1CNC(C)c2cccc(OC(F)F)c21. The molecule has 88 valence electrons. The zero-order valence-corrected chi connectivity index (χ0v) is 9.34. The molecule has 1 aliphatic heterocycles. The van der Waals surface area contributed by atoms with E-state index in [2.05, 4.69) is 10.1 Å². The normalized spacial score (nSPS) is 24.3. The van der Waals surface area contributed by atoms with Crippen molar-refractivity contribution in [1.29, 1.82) is 0 Å². The van der Waals surface area contributed by atoms with Crippen LogP contribution in [-0.2, 0) is 0 Å². The van der Waals surface area contributed by atoms with E-state index in [0.29, 0.717) is 5.75 Å². The number of rotatable bonds is 2. The molecule has 16 heavy (non-hydrogen) atoms. The van der Waals surface area contributed by atoms with Crippen LogP contribution in [0, 0.1) is 0 Å². The molecule has 0 saturated heterocycles. The molecule has 0 amide bonds. The lowest BCUT2D eigenvalue weighted by Gasteiger charge is -2.30. The fourth-order valence-electron chi connectivity index (χ4n) is 2.23. The summed E-state index contributed by atoms with van der Waals surface area (Å²) in [5.41, 5.74) is 1.96. The van der Waals surface area contributed by atoms with E-state index in [9.17, 15) is 8.78 Å². The summed E-state index contributed by atoms with van der Waals surface area (Å²) in [5, 5.41) is 3.33. The van der Waals surface area contributed by atoms with Crippen molar-refractivity contribution in [2.24, 2.45) is 0 Å². The first-order valence-electron chi connectivity index (χ1n) is 5.40. The maximum Gasteiger partial charge on any atom is 0.387 e. The van der Waals surface area contributed by atoms with Crippen molar-refractivity contribution < 1.29 is 13.5 Å². The second-order valence-corrected chi connectivity index (χ2v) is 4.17. The molecule has 2 atom stereocenters. The molecule has 1 N–H and O–H groups in total. The number of halogens is 2. The topological polar surface area (TPSA) is 21.3 Å². The van der Waals surface area contributed by atoms with E-state index >= 15 is 0 Å². The van der Waals surface area contributed by atoms with Crippen molar-refractivity contribution in [3.05, 3.63) is 29.3 Å². The highest BCUT2D eigenvalue weighted by atomic mass is 19.3. The Bertz CT molecular complexity index is 381. The van der Waals surface area contributed by atoms with Gasteiger partial charge in [0.1, 0.15) is 5.75 Å². The first-order valence-corrected chi connectivity index (χ1v) is 5.40. The predicted octanol–water partition coefficient (Wildman–Crippen LogP) is 3.06. The van der Waals surface area contributed by atoms with Crippen LogP contribution in [0.15, 0.2) is 18.2 Å². The van der Waals surface area contributed by atoms with Crippen molar-refractivity contribution in [3.63, 3.8) is 0 Å². The van der Waals surface area contributed by atoms with Gasteiger partial charge in [-0.05, 0) is 24.5 Å². The summed E-state index contributed by atoms with van der Waals surface area (Å²) in [6.07, 6.45) is 0. The van der Waals surface area contributed by atoms with Gasteiger partial charge in [0.25, 0.3) is 0 Å². The van der Waals surface area contributed by atoms with Crippen LogP contribution < -0.4 is 10.1 Å². The summed E-state index contributed by atoms with van der Waals surface area (Å²) in [6.45, 7) is 2.06. The van der Waals surface area contributed by atoms with Gasteiger partial charge < -0.3 is 10.1 Å². The largest absolute Gasteiger partial charge is 0.435 e. The molecule has 0 saturated carbocycles. The van der Waals surface area contributed by atoms with Crippen LogP contribution >= 0.6 is 0 Å². The molecule has 4 heteroatoms. The average molecular weight is 227 g/mol. The van der Waals surface area contributed by atoms with Gasteiger partial charge >= 0.3 is 6.61 Å². The van der Waals surface area contributed by atoms with E-state index in [1.807, 2.05) is 19.9 Å². The molecule has 2 rings (SSSR count). The first-order chi connectivity index (χ1) is 7.59. The van der Waals surface area contributed by atoms with Crippen molar-refractivity contribution in [3.8, 4) is 5.75 Å². The number of hydrogen-bond donors (Lipinski definition) is 1. The van der Waals surface area contributed by atoms with Crippen LogP contribution in [0.25, 0.3) is 0 Å². The van der Waals surface area contributed by atoms with E-state index in [1.165, 1.54) is 0 Å². The third-order valence-corrected chi connectivity index (χ3v) is 3.01. The summed E-state index contributed by atoms with van der Waals surface area (Å²) < 4.78 is 29.1. The molecule has 1 aromatic rings. The second kappa shape index (κ2) is 4.37. The number of nitrogens with one attached hydrogen (secondary N) is 1. The molecular weight excluding hydrogens is 212 g/mol. The molecule has 2 nitrogen and oxygen atoms in total. The Labute approximate surface area is 93.6 Å². The van der Waals surface area contributed by atoms with Gasteiger partial charge in [0.2, 0.25) is 0 Å². The Morgan fingerprint density at radius 2 is 2.12 bits per heavy atom. The van der Waals surface area contributed by atoms with Crippen LogP contribution in [0.1, 0.15) is 36.9 Å². The summed E-state index contributed by atoms with van der Waals surface area (Å²) in [6, 6.07) is 5.51. The molecular formula is C12H15F2NO. The van der Waals surface area contributed by atoms with E-state index < -0.39 is 6.61 Å². The highest BCUT2D eigenvalue weighted by Crippen LogP contribution is 2.36. The highest BCUT2D eigenvalue weighted by molar-refractivity contribution is 5.45. The molecule has 0 radical (unpaired) electrons. The van der Waals surface area contributed by atoms with Gasteiger partial charge in [0.15, 0.2) is 0 Å². The minimum Gasteiger partial charge on any atom is -0.435 e. The molecule has 0 spiro atoms. The lowest BCUT2D eigenvalue weighted by Crippen LogP contribution is -2.30. The number of hydrogen-bond acceptors (Lipinski definition) is 2. The van der Waals surface area contributed by atoms with Crippen LogP contribution in [0.2, 0.25) is 0 Å². The van der Waals surface area contributed by atoms with Gasteiger partial charge in [-0.25, -0.2) is 0 Å². The lowest BCUT2D eigenvalue weighted by molar-refractivity contribution is -0.0507. The van der Waals surface area contributed by atoms with Crippen molar-refractivity contribution >= 4 is 0 Å². The minimum atomic E-state index is -2.76. The molecule has 0 fully saturated rings. The maximum absolute atomic E-state index is 12.3. The summed E-state index contributed by atoms with van der Waals surface area (Å²) >= 11 is 0. The van der Waals surface area contributed by atoms with Gasteiger partial charge in [-0.2, -0.15) is 8.78 Å². The number of ether oxygens (including phenoxy) is 1. The average Bonchev–Trinajstić information content (AvgIpc) is 2.23. The summed E-state index contributed by atoms with van der Waals surface area (Å²) in [7, 11) is 0. The summed E-state index contributed by atoms with van der Waals surface area (Å²) in [5.74, 6) is 0.509. The maximum atomic E-state index is 12.3. The molecule has 2 unspecified atom stereocenters. The smallest absolute Gasteiger partial charge is 0.387 e. The van der Waals surface area contributed by atoms with Gasteiger partial charge in [-0.3, -0.25) is 0 Å². The first kappa shape index (κ1) is 11.3. The van der Waals surface area contributed by atoms with Crippen LogP contribution in [0.4, 0.5) is 8.78 Å². The highest BCUT2D eigenvalue weighted by Gasteiger charge is 2.25. The Morgan fingerprint density at radius 3 is 2.81 bits per heavy atom. The summed E-state index contributed by atoms with van der Waals surface area (Å²) in [4.78, 5) is 0. The van der Waals surface area contributed by atoms with E-state index in [0.717, 1.165) is 17.7 Å². The molecule has 1 aromatic carbocycles. The van der Waals surface area contributed by atoms with Gasteiger partial charge in [0, 0.05) is 18.2 Å². The Hall–Kier alpha value is -1.16. The molecule has 0 aromatic heterocycles. The second-order valence-electron chi connectivity index (χ2n) is 4.17. The third-order valence-electron chi connectivity index (χ3n) is 3.01. The fraction of sp³-hybridized carbons (Fsp3) is 0.500. The number of benzene rings is 1. The van der Waals surface area contributed by atoms with Gasteiger partial charge in [0.05, 0.1) is 0 Å². The Balaban J connectivity index is 2.43. The fourth-order valence-corrected chi connectivity index (χ4v) is 2.23. The minimum absolute atomic E-state index is 0.187. The third kappa shape index (κ3) is 2.02.